The van der Waals surface area contributed by atoms with Crippen molar-refractivity contribution in [2.75, 3.05) is 29.6 Å². The van der Waals surface area contributed by atoms with Crippen molar-refractivity contribution in [1.29, 1.82) is 0 Å². The first-order chi connectivity index (χ1) is 10.3. The Kier molecular flexibility index (Phi) is 4.65. The minimum absolute atomic E-state index is 0.557. The summed E-state index contributed by atoms with van der Waals surface area (Å²) in [6, 6.07) is 15.3. The molecule has 2 heterocycles. The average Bonchev–Trinajstić information content (AvgIpc) is 2.56. The van der Waals surface area contributed by atoms with Crippen LogP contribution in [-0.4, -0.2) is 30.4 Å². The van der Waals surface area contributed by atoms with Gasteiger partial charge in [-0.1, -0.05) is 12.1 Å². The molecule has 1 aromatic heterocycles. The van der Waals surface area contributed by atoms with Crippen LogP contribution in [0.4, 0.5) is 11.5 Å². The summed E-state index contributed by atoms with van der Waals surface area (Å²) in [5, 5.41) is 3.67. The van der Waals surface area contributed by atoms with Gasteiger partial charge >= 0.3 is 0 Å². The molecule has 0 atom stereocenters. The summed E-state index contributed by atoms with van der Waals surface area (Å²) in [6.45, 7) is 2.13. The Morgan fingerprint density at radius 1 is 1.14 bits per heavy atom. The number of hydrogen-bond donors (Lipinski definition) is 1. The largest absolute Gasteiger partial charge is 0.382 e. The van der Waals surface area contributed by atoms with E-state index in [1.165, 1.54) is 10.6 Å². The van der Waals surface area contributed by atoms with E-state index in [0.717, 1.165) is 31.7 Å². The first-order valence-electron chi connectivity index (χ1n) is 7.42. The Morgan fingerprint density at radius 3 is 2.71 bits per heavy atom. The molecule has 1 aromatic carbocycles. The number of hydrogen-bond acceptors (Lipinski definition) is 4. The highest BCUT2D eigenvalue weighted by Crippen LogP contribution is 2.23. The number of benzene rings is 1. The Balaban J connectivity index is 1.56. The smallest absolute Gasteiger partial charge is 0.128 e. The van der Waals surface area contributed by atoms with Crippen LogP contribution in [0.15, 0.2) is 53.6 Å². The summed E-state index contributed by atoms with van der Waals surface area (Å²) >= 11 is 1.79. The second kappa shape index (κ2) is 6.85. The number of aromatic nitrogens is 1. The predicted molar refractivity (Wildman–Crippen MR) is 91.3 cm³/mol. The summed E-state index contributed by atoms with van der Waals surface area (Å²) < 4.78 is 0. The maximum atomic E-state index is 4.44. The van der Waals surface area contributed by atoms with Crippen molar-refractivity contribution >= 4 is 23.3 Å². The van der Waals surface area contributed by atoms with E-state index in [-0.39, 0.29) is 0 Å². The number of rotatable bonds is 4. The van der Waals surface area contributed by atoms with Crippen LogP contribution in [0.25, 0.3) is 0 Å². The summed E-state index contributed by atoms with van der Waals surface area (Å²) in [5.41, 5.74) is 1.23. The fourth-order valence-electron chi connectivity index (χ4n) is 2.74. The molecular formula is C17H21N3S. The fourth-order valence-corrected chi connectivity index (χ4v) is 3.20. The van der Waals surface area contributed by atoms with E-state index in [1.807, 2.05) is 12.3 Å². The predicted octanol–water partition coefficient (Wildman–Crippen LogP) is 3.88. The molecule has 2 aromatic rings. The topological polar surface area (TPSA) is 28.2 Å². The van der Waals surface area contributed by atoms with Crippen molar-refractivity contribution in [3.05, 3.63) is 48.7 Å². The highest BCUT2D eigenvalue weighted by atomic mass is 32.2. The number of thioether (sulfide) groups is 1. The second-order valence-electron chi connectivity index (χ2n) is 5.33. The molecule has 1 fully saturated rings. The van der Waals surface area contributed by atoms with E-state index in [4.69, 9.17) is 0 Å². The van der Waals surface area contributed by atoms with Crippen molar-refractivity contribution < 1.29 is 0 Å². The van der Waals surface area contributed by atoms with Gasteiger partial charge in [0.1, 0.15) is 5.82 Å². The summed E-state index contributed by atoms with van der Waals surface area (Å²) in [6.07, 6.45) is 6.29. The Labute approximate surface area is 130 Å². The van der Waals surface area contributed by atoms with E-state index in [0.29, 0.717) is 6.04 Å². The van der Waals surface area contributed by atoms with Gasteiger partial charge in [0.25, 0.3) is 0 Å². The van der Waals surface area contributed by atoms with Crippen LogP contribution >= 0.6 is 11.8 Å². The van der Waals surface area contributed by atoms with Gasteiger partial charge in [-0.15, -0.1) is 11.8 Å². The van der Waals surface area contributed by atoms with E-state index in [2.05, 4.69) is 57.9 Å². The maximum Gasteiger partial charge on any atom is 0.128 e. The maximum absolute atomic E-state index is 4.44. The van der Waals surface area contributed by atoms with Gasteiger partial charge in [0.05, 0.1) is 0 Å². The van der Waals surface area contributed by atoms with Crippen molar-refractivity contribution in [1.82, 2.24) is 4.98 Å². The molecule has 0 saturated carbocycles. The van der Waals surface area contributed by atoms with Crippen LogP contribution in [0.1, 0.15) is 12.8 Å². The summed E-state index contributed by atoms with van der Waals surface area (Å²) in [7, 11) is 0. The van der Waals surface area contributed by atoms with E-state index in [9.17, 15) is 0 Å². The lowest BCUT2D eigenvalue weighted by Gasteiger charge is -2.33. The molecule has 0 radical (unpaired) electrons. The van der Waals surface area contributed by atoms with Gasteiger partial charge in [-0.2, -0.15) is 0 Å². The lowest BCUT2D eigenvalue weighted by molar-refractivity contribution is 0.523. The molecule has 1 saturated heterocycles. The van der Waals surface area contributed by atoms with E-state index >= 15 is 0 Å². The normalized spacial score (nSPS) is 16.0. The van der Waals surface area contributed by atoms with Crippen molar-refractivity contribution in [2.45, 2.75) is 23.8 Å². The molecule has 3 nitrogen and oxygen atoms in total. The molecule has 1 aliphatic heterocycles. The first kappa shape index (κ1) is 14.3. The molecule has 4 heteroatoms. The molecule has 0 spiro atoms. The number of nitrogens with one attached hydrogen (secondary N) is 1. The minimum atomic E-state index is 0.557. The van der Waals surface area contributed by atoms with Crippen molar-refractivity contribution in [3.8, 4) is 0 Å². The Hall–Kier alpha value is -1.68. The molecule has 0 unspecified atom stereocenters. The van der Waals surface area contributed by atoms with E-state index < -0.39 is 0 Å². The zero-order valence-corrected chi connectivity index (χ0v) is 13.1. The summed E-state index contributed by atoms with van der Waals surface area (Å²) in [4.78, 5) is 8.12. The third-order valence-electron chi connectivity index (χ3n) is 3.91. The molecule has 0 aliphatic carbocycles. The third kappa shape index (κ3) is 3.70. The molecule has 110 valence electrons. The molecule has 1 N–H and O–H groups in total. The quantitative estimate of drug-likeness (QED) is 0.867. The fraction of sp³-hybridized carbons (Fsp3) is 0.353. The number of nitrogens with zero attached hydrogens (tertiary/aromatic N) is 2. The highest BCUT2D eigenvalue weighted by molar-refractivity contribution is 7.98. The van der Waals surface area contributed by atoms with Crippen LogP contribution in [-0.2, 0) is 0 Å². The highest BCUT2D eigenvalue weighted by Gasteiger charge is 2.19. The van der Waals surface area contributed by atoms with Crippen LogP contribution in [0, 0.1) is 0 Å². The summed E-state index contributed by atoms with van der Waals surface area (Å²) in [5.74, 6) is 1.10. The van der Waals surface area contributed by atoms with Crippen LogP contribution < -0.4 is 10.2 Å². The van der Waals surface area contributed by atoms with Gasteiger partial charge in [-0.05, 0) is 49.4 Å². The molecule has 0 bridgehead atoms. The van der Waals surface area contributed by atoms with Crippen molar-refractivity contribution in [2.24, 2.45) is 0 Å². The molecule has 3 rings (SSSR count). The number of pyridine rings is 1. The lowest BCUT2D eigenvalue weighted by atomic mass is 10.0. The first-order valence-corrected chi connectivity index (χ1v) is 8.64. The van der Waals surface area contributed by atoms with E-state index in [1.54, 1.807) is 11.8 Å². The molecule has 21 heavy (non-hydrogen) atoms. The average molecular weight is 299 g/mol. The molecular weight excluding hydrogens is 278 g/mol. The third-order valence-corrected chi connectivity index (χ3v) is 4.63. The molecule has 1 aliphatic rings. The van der Waals surface area contributed by atoms with Gasteiger partial charge in [0, 0.05) is 35.9 Å². The monoisotopic (exact) mass is 299 g/mol. The lowest BCUT2D eigenvalue weighted by Crippen LogP contribution is -2.39. The van der Waals surface area contributed by atoms with Gasteiger partial charge in [0.15, 0.2) is 0 Å². The van der Waals surface area contributed by atoms with Gasteiger partial charge in [-0.3, -0.25) is 0 Å². The van der Waals surface area contributed by atoms with Gasteiger partial charge in [-0.25, -0.2) is 4.98 Å². The zero-order valence-electron chi connectivity index (χ0n) is 12.3. The minimum Gasteiger partial charge on any atom is -0.382 e. The van der Waals surface area contributed by atoms with Gasteiger partial charge < -0.3 is 10.2 Å². The Bertz CT molecular complexity index is 565. The Morgan fingerprint density at radius 2 is 2.00 bits per heavy atom. The van der Waals surface area contributed by atoms with Crippen LogP contribution in [0.5, 0.6) is 0 Å². The molecule has 0 amide bonds. The second-order valence-corrected chi connectivity index (χ2v) is 6.21. The standard InChI is InChI=1S/C17H21N3S/c1-21-16-6-4-5-15(13-16)19-14-8-11-20(12-9-14)17-7-2-3-10-18-17/h2-7,10,13-14,19H,8-9,11-12H2,1H3. The van der Waals surface area contributed by atoms with Crippen LogP contribution in [0.2, 0.25) is 0 Å². The van der Waals surface area contributed by atoms with Crippen LogP contribution in [0.3, 0.4) is 0 Å². The van der Waals surface area contributed by atoms with Crippen molar-refractivity contribution in [3.63, 3.8) is 0 Å². The zero-order chi connectivity index (χ0) is 14.5. The number of anilines is 2. The number of piperidine rings is 1. The SMILES string of the molecule is CSc1cccc(NC2CCN(c3ccccn3)CC2)c1. The van der Waals surface area contributed by atoms with Gasteiger partial charge in [0.2, 0.25) is 0 Å².